The maximum Gasteiger partial charge on any atom is 0.316 e. The first-order chi connectivity index (χ1) is 13.0. The molecule has 0 saturated heterocycles. The number of phenolic OH excluding ortho intramolecular Hbond substituents is 1. The number of carbonyl (C=O) groups is 2. The van der Waals surface area contributed by atoms with Crippen LogP contribution in [-0.2, 0) is 9.59 Å². The van der Waals surface area contributed by atoms with Crippen LogP contribution in [0.5, 0.6) is 5.75 Å². The van der Waals surface area contributed by atoms with Gasteiger partial charge >= 0.3 is 11.8 Å². The molecule has 2 amide bonds. The summed E-state index contributed by atoms with van der Waals surface area (Å²) in [5, 5.41) is 12.0. The van der Waals surface area contributed by atoms with E-state index in [0.717, 1.165) is 9.79 Å². The van der Waals surface area contributed by atoms with Gasteiger partial charge in [-0.2, -0.15) is 0 Å². The van der Waals surface area contributed by atoms with Crippen molar-refractivity contribution in [3.8, 4) is 5.75 Å². The van der Waals surface area contributed by atoms with Gasteiger partial charge in [0, 0.05) is 22.5 Å². The van der Waals surface area contributed by atoms with E-state index in [9.17, 15) is 14.7 Å². The Morgan fingerprint density at radius 2 is 1.52 bits per heavy atom. The van der Waals surface area contributed by atoms with Crippen LogP contribution in [-0.4, -0.2) is 24.0 Å². The van der Waals surface area contributed by atoms with Crippen LogP contribution in [0.2, 0.25) is 0 Å². The standard InChI is InChI=1S/C21H18N2O3S/c1-23(15-11-13-16(24)14-12-15)21(26)20(25)22-18-9-5-6-10-19(18)27-17-7-3-2-4-8-17/h2-14,24H,1H3,(H,22,25). The molecule has 0 aliphatic rings. The van der Waals surface area contributed by atoms with Crippen molar-refractivity contribution in [2.24, 2.45) is 0 Å². The minimum atomic E-state index is -0.730. The van der Waals surface area contributed by atoms with E-state index < -0.39 is 11.8 Å². The minimum absolute atomic E-state index is 0.0934. The van der Waals surface area contributed by atoms with Crippen LogP contribution < -0.4 is 10.2 Å². The van der Waals surface area contributed by atoms with E-state index in [2.05, 4.69) is 5.32 Å². The lowest BCUT2D eigenvalue weighted by molar-refractivity contribution is -0.134. The summed E-state index contributed by atoms with van der Waals surface area (Å²) >= 11 is 1.51. The van der Waals surface area contributed by atoms with Crippen LogP contribution in [0.3, 0.4) is 0 Å². The Morgan fingerprint density at radius 1 is 0.889 bits per heavy atom. The number of nitrogens with zero attached hydrogens (tertiary/aromatic N) is 1. The average molecular weight is 378 g/mol. The summed E-state index contributed by atoms with van der Waals surface area (Å²) in [4.78, 5) is 28.0. The van der Waals surface area contributed by atoms with Crippen molar-refractivity contribution in [1.82, 2.24) is 0 Å². The van der Waals surface area contributed by atoms with Crippen molar-refractivity contribution in [3.63, 3.8) is 0 Å². The molecule has 3 rings (SSSR count). The summed E-state index contributed by atoms with van der Waals surface area (Å²) < 4.78 is 0. The Hall–Kier alpha value is -3.25. The SMILES string of the molecule is CN(C(=O)C(=O)Nc1ccccc1Sc1ccccc1)c1ccc(O)cc1. The van der Waals surface area contributed by atoms with Gasteiger partial charge in [0.2, 0.25) is 0 Å². The Kier molecular flexibility index (Phi) is 5.78. The fourth-order valence-corrected chi connectivity index (χ4v) is 3.32. The van der Waals surface area contributed by atoms with Crippen molar-refractivity contribution in [1.29, 1.82) is 0 Å². The third kappa shape index (κ3) is 4.68. The third-order valence-electron chi connectivity index (χ3n) is 3.84. The fourth-order valence-electron chi connectivity index (χ4n) is 2.40. The number of nitrogens with one attached hydrogen (secondary N) is 1. The Morgan fingerprint density at radius 3 is 2.22 bits per heavy atom. The number of hydrogen-bond donors (Lipinski definition) is 2. The van der Waals surface area contributed by atoms with E-state index in [1.165, 1.54) is 35.8 Å². The number of phenols is 1. The summed E-state index contributed by atoms with van der Waals surface area (Å²) in [7, 11) is 1.51. The molecule has 0 aliphatic carbocycles. The molecule has 3 aromatic rings. The number of para-hydroxylation sites is 1. The zero-order valence-corrected chi connectivity index (χ0v) is 15.4. The minimum Gasteiger partial charge on any atom is -0.508 e. The van der Waals surface area contributed by atoms with Gasteiger partial charge in [0.1, 0.15) is 5.75 Å². The fraction of sp³-hybridized carbons (Fsp3) is 0.0476. The highest BCUT2D eigenvalue weighted by Gasteiger charge is 2.21. The maximum absolute atomic E-state index is 12.4. The zero-order chi connectivity index (χ0) is 19.2. The second-order valence-corrected chi connectivity index (χ2v) is 6.86. The highest BCUT2D eigenvalue weighted by molar-refractivity contribution is 7.99. The first-order valence-electron chi connectivity index (χ1n) is 8.24. The molecule has 0 bridgehead atoms. The highest BCUT2D eigenvalue weighted by atomic mass is 32.2. The van der Waals surface area contributed by atoms with Gasteiger partial charge in [-0.05, 0) is 48.5 Å². The Balaban J connectivity index is 1.74. The van der Waals surface area contributed by atoms with Crippen molar-refractivity contribution in [2.45, 2.75) is 9.79 Å². The summed E-state index contributed by atoms with van der Waals surface area (Å²) in [6.07, 6.45) is 0. The third-order valence-corrected chi connectivity index (χ3v) is 4.93. The van der Waals surface area contributed by atoms with Crippen molar-refractivity contribution in [3.05, 3.63) is 78.9 Å². The molecule has 0 spiro atoms. The first kappa shape index (κ1) is 18.5. The Bertz CT molecular complexity index is 943. The van der Waals surface area contributed by atoms with E-state index in [1.54, 1.807) is 24.3 Å². The largest absolute Gasteiger partial charge is 0.508 e. The van der Waals surface area contributed by atoms with E-state index in [1.807, 2.05) is 42.5 Å². The molecule has 0 aromatic heterocycles. The van der Waals surface area contributed by atoms with E-state index in [4.69, 9.17) is 0 Å². The van der Waals surface area contributed by atoms with E-state index in [0.29, 0.717) is 11.4 Å². The zero-order valence-electron chi connectivity index (χ0n) is 14.6. The summed E-state index contributed by atoms with van der Waals surface area (Å²) in [5.74, 6) is -1.33. The van der Waals surface area contributed by atoms with Crippen LogP contribution in [0.15, 0.2) is 88.7 Å². The molecule has 0 heterocycles. The lowest BCUT2D eigenvalue weighted by Gasteiger charge is -2.17. The number of anilines is 2. The van der Waals surface area contributed by atoms with Crippen LogP contribution in [0, 0.1) is 0 Å². The number of carbonyl (C=O) groups excluding carboxylic acids is 2. The molecule has 0 atom stereocenters. The van der Waals surface area contributed by atoms with Crippen LogP contribution in [0.25, 0.3) is 0 Å². The number of likely N-dealkylation sites (N-methyl/N-ethyl adjacent to an activating group) is 1. The predicted octanol–water partition coefficient (Wildman–Crippen LogP) is 4.14. The van der Waals surface area contributed by atoms with Gasteiger partial charge in [0.25, 0.3) is 0 Å². The lowest BCUT2D eigenvalue weighted by atomic mass is 10.2. The molecular weight excluding hydrogens is 360 g/mol. The van der Waals surface area contributed by atoms with E-state index in [-0.39, 0.29) is 5.75 Å². The monoisotopic (exact) mass is 378 g/mol. The van der Waals surface area contributed by atoms with Crippen LogP contribution >= 0.6 is 11.8 Å². The van der Waals surface area contributed by atoms with Gasteiger partial charge in [0.15, 0.2) is 0 Å². The number of aromatic hydroxyl groups is 1. The van der Waals surface area contributed by atoms with Gasteiger partial charge in [-0.25, -0.2) is 0 Å². The maximum atomic E-state index is 12.4. The quantitative estimate of drug-likeness (QED) is 0.670. The molecule has 0 saturated carbocycles. The number of hydrogen-bond acceptors (Lipinski definition) is 4. The number of rotatable bonds is 4. The molecule has 0 radical (unpaired) electrons. The van der Waals surface area contributed by atoms with Crippen LogP contribution in [0.1, 0.15) is 0 Å². The van der Waals surface area contributed by atoms with Gasteiger partial charge in [0.05, 0.1) is 5.69 Å². The van der Waals surface area contributed by atoms with Crippen molar-refractivity contribution in [2.75, 3.05) is 17.3 Å². The highest BCUT2D eigenvalue weighted by Crippen LogP contribution is 2.33. The summed E-state index contributed by atoms with van der Waals surface area (Å²) in [6, 6.07) is 23.2. The normalized spacial score (nSPS) is 10.3. The molecule has 136 valence electrons. The number of amides is 2. The molecule has 3 aromatic carbocycles. The molecule has 0 fully saturated rings. The van der Waals surface area contributed by atoms with E-state index >= 15 is 0 Å². The van der Waals surface area contributed by atoms with Crippen LogP contribution in [0.4, 0.5) is 11.4 Å². The average Bonchev–Trinajstić information content (AvgIpc) is 2.69. The number of benzene rings is 3. The smallest absolute Gasteiger partial charge is 0.316 e. The molecule has 2 N–H and O–H groups in total. The summed E-state index contributed by atoms with van der Waals surface area (Å²) in [5.41, 5.74) is 1.09. The molecule has 27 heavy (non-hydrogen) atoms. The second-order valence-electron chi connectivity index (χ2n) is 5.75. The topological polar surface area (TPSA) is 69.6 Å². The second kappa shape index (κ2) is 8.42. The van der Waals surface area contributed by atoms with Gasteiger partial charge in [-0.1, -0.05) is 42.1 Å². The predicted molar refractivity (Wildman–Crippen MR) is 107 cm³/mol. The molecule has 6 heteroatoms. The van der Waals surface area contributed by atoms with Gasteiger partial charge in [-0.15, -0.1) is 0 Å². The molecular formula is C21H18N2O3S. The lowest BCUT2D eigenvalue weighted by Crippen LogP contribution is -2.37. The molecule has 0 unspecified atom stereocenters. The van der Waals surface area contributed by atoms with Gasteiger partial charge < -0.3 is 15.3 Å². The van der Waals surface area contributed by atoms with Crippen molar-refractivity contribution >= 4 is 35.0 Å². The molecule has 5 nitrogen and oxygen atoms in total. The van der Waals surface area contributed by atoms with Crippen molar-refractivity contribution < 1.29 is 14.7 Å². The molecule has 0 aliphatic heterocycles. The first-order valence-corrected chi connectivity index (χ1v) is 9.06. The Labute approximate surface area is 161 Å². The van der Waals surface area contributed by atoms with Gasteiger partial charge in [-0.3, -0.25) is 9.59 Å². The summed E-state index contributed by atoms with van der Waals surface area (Å²) in [6.45, 7) is 0.